The van der Waals surface area contributed by atoms with Gasteiger partial charge < -0.3 is 5.11 Å². The lowest BCUT2D eigenvalue weighted by Crippen LogP contribution is -2.61. The minimum atomic E-state index is -0.246. The van der Waals surface area contributed by atoms with Crippen molar-refractivity contribution in [2.24, 2.45) is 33.0 Å². The first-order valence-electron chi connectivity index (χ1n) is 12.4. The summed E-state index contributed by atoms with van der Waals surface area (Å²) in [5.41, 5.74) is 4.82. The van der Waals surface area contributed by atoms with Crippen LogP contribution in [0.5, 0.6) is 0 Å². The molecule has 0 heterocycles. The van der Waals surface area contributed by atoms with E-state index in [-0.39, 0.29) is 33.2 Å². The van der Waals surface area contributed by atoms with E-state index in [1.807, 2.05) is 6.92 Å². The van der Waals surface area contributed by atoms with Gasteiger partial charge in [0.2, 0.25) is 5.78 Å². The van der Waals surface area contributed by atoms with Crippen LogP contribution in [0.25, 0.3) is 0 Å². The highest BCUT2D eigenvalue weighted by Gasteiger charge is 2.66. The quantitative estimate of drug-likeness (QED) is 0.411. The van der Waals surface area contributed by atoms with Gasteiger partial charge in [0.25, 0.3) is 0 Å². The molecule has 0 unspecified atom stereocenters. The standard InChI is InChI=1S/C30H38O2/c1-8-26(3)11-12-27(4)13-15-29(6)23-10-9-20-19(2)25(32)22(31)17-21(20)28(23,5)14-16-30(29,7)24(27)18-26/h1,9-10,17,24,32H,11-16,18H2,2-7H3/t24-,26-,27-,28+,29-,30+/m1/s1. The molecule has 3 saturated carbocycles. The lowest BCUT2D eigenvalue weighted by atomic mass is 9.34. The van der Waals surface area contributed by atoms with E-state index < -0.39 is 0 Å². The number of allylic oxidation sites excluding steroid dienone is 7. The molecule has 0 aliphatic heterocycles. The Bertz CT molecular complexity index is 1090. The van der Waals surface area contributed by atoms with Gasteiger partial charge in [-0.05, 0) is 98.2 Å². The van der Waals surface area contributed by atoms with Crippen LogP contribution in [0.2, 0.25) is 0 Å². The van der Waals surface area contributed by atoms with Gasteiger partial charge in [-0.3, -0.25) is 4.79 Å². The van der Waals surface area contributed by atoms with E-state index in [9.17, 15) is 9.90 Å². The third kappa shape index (κ3) is 2.46. The summed E-state index contributed by atoms with van der Waals surface area (Å²) in [6, 6.07) is 0. The molecule has 0 aromatic heterocycles. The van der Waals surface area contributed by atoms with Gasteiger partial charge >= 0.3 is 0 Å². The van der Waals surface area contributed by atoms with Crippen LogP contribution in [0.1, 0.15) is 86.5 Å². The number of carbonyl (C=O) groups excluding carboxylic acids is 1. The zero-order valence-electron chi connectivity index (χ0n) is 20.7. The monoisotopic (exact) mass is 430 g/mol. The van der Waals surface area contributed by atoms with Gasteiger partial charge in [0.15, 0.2) is 5.76 Å². The Morgan fingerprint density at radius 2 is 1.69 bits per heavy atom. The average Bonchev–Trinajstić information content (AvgIpc) is 2.76. The first-order chi connectivity index (χ1) is 14.8. The second kappa shape index (κ2) is 6.31. The van der Waals surface area contributed by atoms with Crippen molar-refractivity contribution in [3.63, 3.8) is 0 Å². The summed E-state index contributed by atoms with van der Waals surface area (Å²) in [6.07, 6.45) is 20.4. The molecule has 0 saturated heterocycles. The molecule has 0 aromatic carbocycles. The Labute approximate surface area is 193 Å². The Kier molecular flexibility index (Phi) is 4.30. The Morgan fingerprint density at radius 1 is 1.00 bits per heavy atom. The number of ketones is 1. The molecule has 0 aromatic rings. The first-order valence-corrected chi connectivity index (χ1v) is 12.4. The maximum atomic E-state index is 12.6. The summed E-state index contributed by atoms with van der Waals surface area (Å²) in [7, 11) is 0. The van der Waals surface area contributed by atoms with E-state index in [1.54, 1.807) is 6.08 Å². The minimum absolute atomic E-state index is 0.00203. The summed E-state index contributed by atoms with van der Waals surface area (Å²) in [4.78, 5) is 12.6. The van der Waals surface area contributed by atoms with Crippen molar-refractivity contribution in [3.8, 4) is 12.3 Å². The summed E-state index contributed by atoms with van der Waals surface area (Å²) in [5.74, 6) is 3.43. The zero-order chi connectivity index (χ0) is 23.3. The normalized spacial score (nSPS) is 47.7. The molecular formula is C30H38O2. The van der Waals surface area contributed by atoms with E-state index in [2.05, 4.69) is 52.7 Å². The lowest BCUT2D eigenvalue weighted by molar-refractivity contribution is -0.154. The first kappa shape index (κ1) is 21.8. The number of terminal acetylenes is 1. The van der Waals surface area contributed by atoms with Crippen LogP contribution in [0.4, 0.5) is 0 Å². The van der Waals surface area contributed by atoms with Crippen LogP contribution >= 0.6 is 0 Å². The SMILES string of the molecule is C#C[C@]1(C)CC[C@]2(C)CC[C@]3(C)C4=CC=C5C(=CC(=O)C(O)=C5C)[C@]4(C)CC[C@@]3(C)[C@@H]2C1. The third-order valence-electron chi connectivity index (χ3n) is 11.2. The Morgan fingerprint density at radius 3 is 2.38 bits per heavy atom. The van der Waals surface area contributed by atoms with Crippen molar-refractivity contribution in [1.82, 2.24) is 0 Å². The van der Waals surface area contributed by atoms with E-state index in [4.69, 9.17) is 6.42 Å². The van der Waals surface area contributed by atoms with Crippen LogP contribution in [0.15, 0.2) is 46.3 Å². The molecular weight excluding hydrogens is 392 g/mol. The van der Waals surface area contributed by atoms with Crippen molar-refractivity contribution >= 4 is 5.78 Å². The highest BCUT2D eigenvalue weighted by atomic mass is 16.3. The molecule has 0 radical (unpaired) electrons. The molecule has 5 aliphatic carbocycles. The number of aliphatic hydroxyl groups excluding tert-OH is 1. The number of rotatable bonds is 0. The zero-order valence-corrected chi connectivity index (χ0v) is 20.7. The van der Waals surface area contributed by atoms with E-state index in [0.717, 1.165) is 42.4 Å². The third-order valence-corrected chi connectivity index (χ3v) is 11.2. The average molecular weight is 431 g/mol. The van der Waals surface area contributed by atoms with Gasteiger partial charge in [-0.25, -0.2) is 0 Å². The molecule has 2 nitrogen and oxygen atoms in total. The van der Waals surface area contributed by atoms with Crippen molar-refractivity contribution < 1.29 is 9.90 Å². The number of carbonyl (C=O) groups is 1. The highest BCUT2D eigenvalue weighted by molar-refractivity contribution is 6.06. The van der Waals surface area contributed by atoms with E-state index in [1.165, 1.54) is 24.8 Å². The molecule has 1 N–H and O–H groups in total. The van der Waals surface area contributed by atoms with Crippen LogP contribution in [0, 0.1) is 45.3 Å². The maximum Gasteiger partial charge on any atom is 0.220 e. The Balaban J connectivity index is 1.65. The summed E-state index contributed by atoms with van der Waals surface area (Å²) < 4.78 is 0. The number of hydrogen-bond acceptors (Lipinski definition) is 2. The van der Waals surface area contributed by atoms with Crippen molar-refractivity contribution in [2.75, 3.05) is 0 Å². The van der Waals surface area contributed by atoms with Crippen molar-refractivity contribution in [2.45, 2.75) is 86.5 Å². The smallest absolute Gasteiger partial charge is 0.220 e. The molecule has 32 heavy (non-hydrogen) atoms. The molecule has 0 bridgehead atoms. The fourth-order valence-corrected chi connectivity index (χ4v) is 8.59. The van der Waals surface area contributed by atoms with E-state index in [0.29, 0.717) is 11.3 Å². The highest BCUT2D eigenvalue weighted by Crippen LogP contribution is 2.75. The Hall–Kier alpha value is -2.01. The fraction of sp³-hybridized carbons (Fsp3) is 0.633. The maximum absolute atomic E-state index is 12.6. The summed E-state index contributed by atoms with van der Waals surface area (Å²) in [5, 5.41) is 10.3. The molecule has 5 rings (SSSR count). The number of aliphatic hydroxyl groups is 1. The lowest BCUT2D eigenvalue weighted by Gasteiger charge is -2.70. The molecule has 0 spiro atoms. The molecule has 6 atom stereocenters. The van der Waals surface area contributed by atoms with Crippen LogP contribution in [0.3, 0.4) is 0 Å². The predicted molar refractivity (Wildman–Crippen MR) is 130 cm³/mol. The molecule has 5 aliphatic rings. The van der Waals surface area contributed by atoms with Gasteiger partial charge in [-0.15, -0.1) is 12.3 Å². The second-order valence-corrected chi connectivity index (χ2v) is 12.8. The van der Waals surface area contributed by atoms with Gasteiger partial charge in [0, 0.05) is 16.4 Å². The molecule has 170 valence electrons. The summed E-state index contributed by atoms with van der Waals surface area (Å²) in [6.45, 7) is 14.1. The van der Waals surface area contributed by atoms with Gasteiger partial charge in [-0.1, -0.05) is 45.4 Å². The van der Waals surface area contributed by atoms with Crippen LogP contribution in [-0.2, 0) is 4.79 Å². The van der Waals surface area contributed by atoms with Crippen molar-refractivity contribution in [3.05, 3.63) is 46.3 Å². The number of hydrogen-bond donors (Lipinski definition) is 1. The largest absolute Gasteiger partial charge is 0.504 e. The fourth-order valence-electron chi connectivity index (χ4n) is 8.59. The molecule has 2 heteroatoms. The predicted octanol–water partition coefficient (Wildman–Crippen LogP) is 7.25. The van der Waals surface area contributed by atoms with E-state index >= 15 is 0 Å². The van der Waals surface area contributed by atoms with Gasteiger partial charge in [0.1, 0.15) is 0 Å². The topological polar surface area (TPSA) is 37.3 Å². The second-order valence-electron chi connectivity index (χ2n) is 12.8. The van der Waals surface area contributed by atoms with Crippen molar-refractivity contribution in [1.29, 1.82) is 0 Å². The van der Waals surface area contributed by atoms with Crippen LogP contribution in [-0.4, -0.2) is 10.9 Å². The van der Waals surface area contributed by atoms with Gasteiger partial charge in [0.05, 0.1) is 0 Å². The van der Waals surface area contributed by atoms with Crippen LogP contribution < -0.4 is 0 Å². The van der Waals surface area contributed by atoms with Gasteiger partial charge in [-0.2, -0.15) is 0 Å². The number of fused-ring (bicyclic) bond motifs is 7. The molecule has 0 amide bonds. The molecule has 3 fully saturated rings. The minimum Gasteiger partial charge on any atom is -0.504 e. The summed E-state index contributed by atoms with van der Waals surface area (Å²) >= 11 is 0.